The Bertz CT molecular complexity index is 1530. The van der Waals surface area contributed by atoms with Gasteiger partial charge in [-0.15, -0.1) is 0 Å². The van der Waals surface area contributed by atoms with Crippen LogP contribution in [-0.2, 0) is 15.4 Å². The molecular formula is C26H23ClF2N2O3S. The van der Waals surface area contributed by atoms with Crippen LogP contribution in [0.25, 0.3) is 28.2 Å². The van der Waals surface area contributed by atoms with Crippen molar-refractivity contribution >= 4 is 21.4 Å². The fourth-order valence-electron chi connectivity index (χ4n) is 3.64. The third-order valence-corrected chi connectivity index (χ3v) is 7.76. The van der Waals surface area contributed by atoms with Crippen LogP contribution in [0, 0.1) is 11.6 Å². The van der Waals surface area contributed by atoms with Gasteiger partial charge >= 0.3 is 0 Å². The second kappa shape index (κ2) is 9.18. The van der Waals surface area contributed by atoms with Crippen molar-refractivity contribution in [2.24, 2.45) is 0 Å². The molecule has 0 aliphatic carbocycles. The van der Waals surface area contributed by atoms with E-state index < -0.39 is 27.1 Å². The number of benzene rings is 3. The van der Waals surface area contributed by atoms with E-state index in [2.05, 4.69) is 4.98 Å². The zero-order chi connectivity index (χ0) is 25.5. The minimum absolute atomic E-state index is 0.0423. The van der Waals surface area contributed by atoms with Crippen LogP contribution in [0.15, 0.2) is 71.8 Å². The third kappa shape index (κ3) is 4.87. The summed E-state index contributed by atoms with van der Waals surface area (Å²) >= 11 is 6.19. The number of rotatable bonds is 6. The molecule has 35 heavy (non-hydrogen) atoms. The van der Waals surface area contributed by atoms with Gasteiger partial charge < -0.3 is 5.11 Å². The lowest BCUT2D eigenvalue weighted by Crippen LogP contribution is -2.15. The summed E-state index contributed by atoms with van der Waals surface area (Å²) in [5.41, 5.74) is 0.261. The normalized spacial score (nSPS) is 12.2. The summed E-state index contributed by atoms with van der Waals surface area (Å²) in [6.45, 7) is 4.63. The van der Waals surface area contributed by atoms with Gasteiger partial charge in [0.15, 0.2) is 9.84 Å². The summed E-state index contributed by atoms with van der Waals surface area (Å²) in [4.78, 5) is 4.59. The average molecular weight is 517 g/mol. The molecule has 9 heteroatoms. The second-order valence-electron chi connectivity index (χ2n) is 8.58. The van der Waals surface area contributed by atoms with Crippen molar-refractivity contribution in [2.75, 3.05) is 5.75 Å². The molecule has 182 valence electrons. The first-order valence-electron chi connectivity index (χ1n) is 10.8. The van der Waals surface area contributed by atoms with Crippen LogP contribution in [0.5, 0.6) is 0 Å². The number of aromatic nitrogens is 2. The zero-order valence-electron chi connectivity index (χ0n) is 19.3. The molecule has 4 aromatic rings. The molecule has 0 saturated heterocycles. The van der Waals surface area contributed by atoms with E-state index in [4.69, 9.17) is 11.6 Å². The van der Waals surface area contributed by atoms with Crippen molar-refractivity contribution in [3.05, 3.63) is 89.2 Å². The Labute approximate surface area is 207 Å². The van der Waals surface area contributed by atoms with Crippen LogP contribution < -0.4 is 0 Å². The quantitative estimate of drug-likeness (QED) is 0.333. The maximum atomic E-state index is 15.5. The lowest BCUT2D eigenvalue weighted by molar-refractivity contribution is 0.0743. The molecule has 0 bridgehead atoms. The summed E-state index contributed by atoms with van der Waals surface area (Å²) in [6, 6.07) is 15.0. The van der Waals surface area contributed by atoms with Crippen LogP contribution in [0.2, 0.25) is 5.02 Å². The minimum Gasteiger partial charge on any atom is -0.384 e. The molecule has 0 spiro atoms. The minimum atomic E-state index is -3.42. The first-order valence-corrected chi connectivity index (χ1v) is 12.8. The lowest BCUT2D eigenvalue weighted by Gasteiger charge is -2.13. The summed E-state index contributed by atoms with van der Waals surface area (Å²) in [5.74, 6) is -1.16. The average Bonchev–Trinajstić information content (AvgIpc) is 3.26. The monoisotopic (exact) mass is 516 g/mol. The topological polar surface area (TPSA) is 72.2 Å². The summed E-state index contributed by atoms with van der Waals surface area (Å²) in [7, 11) is -3.42. The highest BCUT2D eigenvalue weighted by molar-refractivity contribution is 7.91. The number of hydrogen-bond donors (Lipinski definition) is 1. The summed E-state index contributed by atoms with van der Waals surface area (Å²) < 4.78 is 55.6. The van der Waals surface area contributed by atoms with E-state index in [1.165, 1.54) is 61.0 Å². The second-order valence-corrected chi connectivity index (χ2v) is 11.2. The molecule has 0 fully saturated rings. The van der Waals surface area contributed by atoms with E-state index >= 15 is 4.39 Å². The Kier molecular flexibility index (Phi) is 6.57. The van der Waals surface area contributed by atoms with Crippen LogP contribution in [-0.4, -0.2) is 28.8 Å². The van der Waals surface area contributed by atoms with Gasteiger partial charge in [0.2, 0.25) is 0 Å². The van der Waals surface area contributed by atoms with Gasteiger partial charge in [0.05, 0.1) is 27.1 Å². The molecular weight excluding hydrogens is 494 g/mol. The number of nitrogens with zero attached hydrogens (tertiary/aromatic N) is 2. The smallest absolute Gasteiger partial charge is 0.178 e. The van der Waals surface area contributed by atoms with Crippen LogP contribution in [0.3, 0.4) is 0 Å². The zero-order valence-corrected chi connectivity index (χ0v) is 20.8. The van der Waals surface area contributed by atoms with Gasteiger partial charge in [-0.3, -0.25) is 4.57 Å². The molecule has 1 N–H and O–H groups in total. The number of imidazole rings is 1. The standard InChI is InChI=1S/C26H23ClF2N2O3S/c1-4-35(33,34)18-8-5-7-16(13-18)17-11-12-22(21(29)14-17)31-15-23(26(2,3)32)30-25(31)19-9-6-10-20(28)24(19)27/h5-15,32H,4H2,1-3H3. The molecule has 4 rings (SSSR count). The molecule has 0 aliphatic heterocycles. The number of hydrogen-bond acceptors (Lipinski definition) is 4. The molecule has 0 amide bonds. The van der Waals surface area contributed by atoms with Gasteiger partial charge in [0.25, 0.3) is 0 Å². The van der Waals surface area contributed by atoms with Crippen LogP contribution in [0.1, 0.15) is 26.5 Å². The van der Waals surface area contributed by atoms with E-state index in [0.717, 1.165) is 0 Å². The molecule has 1 heterocycles. The van der Waals surface area contributed by atoms with Crippen molar-refractivity contribution in [1.29, 1.82) is 0 Å². The van der Waals surface area contributed by atoms with Gasteiger partial charge in [0, 0.05) is 11.8 Å². The molecule has 0 aliphatic rings. The van der Waals surface area contributed by atoms with Crippen LogP contribution in [0.4, 0.5) is 8.78 Å². The molecule has 0 saturated carbocycles. The number of aliphatic hydroxyl groups is 1. The predicted molar refractivity (Wildman–Crippen MR) is 132 cm³/mol. The van der Waals surface area contributed by atoms with Crippen LogP contribution >= 0.6 is 11.6 Å². The summed E-state index contributed by atoms with van der Waals surface area (Å²) in [6.07, 6.45) is 1.48. The van der Waals surface area contributed by atoms with Gasteiger partial charge in [-0.1, -0.05) is 42.8 Å². The molecule has 0 atom stereocenters. The van der Waals surface area contributed by atoms with E-state index in [1.807, 2.05) is 0 Å². The Balaban J connectivity index is 1.86. The molecule has 0 unspecified atom stereocenters. The fourth-order valence-corrected chi connectivity index (χ4v) is 4.78. The van der Waals surface area contributed by atoms with Crippen molar-refractivity contribution < 1.29 is 22.3 Å². The van der Waals surface area contributed by atoms with Gasteiger partial charge in [-0.05, 0) is 61.4 Å². The summed E-state index contributed by atoms with van der Waals surface area (Å²) in [5, 5.41) is 10.3. The molecule has 5 nitrogen and oxygen atoms in total. The van der Waals surface area contributed by atoms with E-state index in [0.29, 0.717) is 11.1 Å². The van der Waals surface area contributed by atoms with Gasteiger partial charge in [-0.25, -0.2) is 22.2 Å². The van der Waals surface area contributed by atoms with Crippen molar-refractivity contribution in [2.45, 2.75) is 31.3 Å². The first kappa shape index (κ1) is 25.0. The van der Waals surface area contributed by atoms with Crippen molar-refractivity contribution in [3.8, 4) is 28.2 Å². The Morgan fingerprint density at radius 3 is 2.34 bits per heavy atom. The highest BCUT2D eigenvalue weighted by Crippen LogP contribution is 2.35. The fraction of sp³-hybridized carbons (Fsp3) is 0.192. The van der Waals surface area contributed by atoms with E-state index in [9.17, 15) is 17.9 Å². The van der Waals surface area contributed by atoms with Crippen molar-refractivity contribution in [1.82, 2.24) is 9.55 Å². The first-order chi connectivity index (χ1) is 16.4. The molecule has 0 radical (unpaired) electrons. The SMILES string of the molecule is CCS(=O)(=O)c1cccc(-c2ccc(-n3cc(C(C)(C)O)nc3-c3cccc(F)c3Cl)c(F)c2)c1. The van der Waals surface area contributed by atoms with Gasteiger partial charge in [0.1, 0.15) is 23.1 Å². The Morgan fingerprint density at radius 2 is 1.69 bits per heavy atom. The molecule has 1 aromatic heterocycles. The maximum Gasteiger partial charge on any atom is 0.178 e. The highest BCUT2D eigenvalue weighted by Gasteiger charge is 2.25. The maximum absolute atomic E-state index is 15.5. The predicted octanol–water partition coefficient (Wildman–Crippen LogP) is 6.16. The highest BCUT2D eigenvalue weighted by atomic mass is 35.5. The van der Waals surface area contributed by atoms with E-state index in [-0.39, 0.29) is 38.4 Å². The van der Waals surface area contributed by atoms with E-state index in [1.54, 1.807) is 31.2 Å². The van der Waals surface area contributed by atoms with Gasteiger partial charge in [-0.2, -0.15) is 0 Å². The lowest BCUT2D eigenvalue weighted by atomic mass is 10.0. The number of halogens is 3. The number of sulfone groups is 1. The Morgan fingerprint density at radius 1 is 1.00 bits per heavy atom. The molecule has 3 aromatic carbocycles. The third-order valence-electron chi connectivity index (χ3n) is 5.64. The van der Waals surface area contributed by atoms with Crippen molar-refractivity contribution in [3.63, 3.8) is 0 Å². The Hall–Kier alpha value is -3.07. The largest absolute Gasteiger partial charge is 0.384 e.